The van der Waals surface area contributed by atoms with E-state index in [4.69, 9.17) is 0 Å². The minimum atomic E-state index is -0.766. The van der Waals surface area contributed by atoms with Gasteiger partial charge in [0.2, 0.25) is 6.79 Å². The van der Waals surface area contributed by atoms with Gasteiger partial charge in [0.1, 0.15) is 0 Å². The Morgan fingerprint density at radius 2 is 1.50 bits per heavy atom. The molecule has 0 aromatic heterocycles. The second-order valence-electron chi connectivity index (χ2n) is 1.74. The fourth-order valence-electron chi connectivity index (χ4n) is 0.759. The van der Waals surface area contributed by atoms with Gasteiger partial charge in [0.25, 0.3) is 11.5 Å². The van der Waals surface area contributed by atoms with Crippen molar-refractivity contribution in [1.82, 2.24) is 0 Å². The minimum absolute atomic E-state index is 0.0779. The summed E-state index contributed by atoms with van der Waals surface area (Å²) in [5, 5.41) is 0. The van der Waals surface area contributed by atoms with Crippen LogP contribution in [0.3, 0.4) is 0 Å². The molecule has 0 saturated heterocycles. The van der Waals surface area contributed by atoms with Crippen LogP contribution in [0.4, 0.5) is 0 Å². The molecule has 0 fully saturated rings. The third-order valence-electron chi connectivity index (χ3n) is 1.17. The molecule has 0 radical (unpaired) electrons. The molecule has 0 bridgehead atoms. The monoisotopic (exact) mass is 142 g/mol. The van der Waals surface area contributed by atoms with E-state index < -0.39 is 11.9 Å². The van der Waals surface area contributed by atoms with E-state index in [2.05, 4.69) is 14.2 Å². The first-order valence-corrected chi connectivity index (χ1v) is 2.55. The fraction of sp³-hybridized carbons (Fsp3) is 0.200. The van der Waals surface area contributed by atoms with Crippen LogP contribution in [0.2, 0.25) is 0 Å². The Hall–Kier alpha value is -1.52. The third kappa shape index (κ3) is 0.464. The molecule has 0 aliphatic carbocycles. The van der Waals surface area contributed by atoms with E-state index in [0.717, 1.165) is 0 Å². The summed E-state index contributed by atoms with van der Waals surface area (Å²) in [4.78, 5) is 21.1. The maximum Gasteiger partial charge on any atom is 0.386 e. The Morgan fingerprint density at radius 1 is 1.00 bits per heavy atom. The number of esters is 2. The van der Waals surface area contributed by atoms with Crippen LogP contribution in [0.1, 0.15) is 0 Å². The molecule has 0 aromatic carbocycles. The number of carbonyl (C=O) groups excluding carboxylic acids is 2. The molecule has 0 amide bonds. The van der Waals surface area contributed by atoms with Gasteiger partial charge in [0, 0.05) is 0 Å². The standard InChI is InChI=1S/C5H2O5/c6-4-2-3(5(7)10-4)9-1-8-2/h1H2. The quantitative estimate of drug-likeness (QED) is 0.330. The lowest BCUT2D eigenvalue weighted by Gasteiger charge is -1.96. The first-order chi connectivity index (χ1) is 4.79. The zero-order valence-corrected chi connectivity index (χ0v) is 4.75. The molecular weight excluding hydrogens is 140 g/mol. The van der Waals surface area contributed by atoms with Crippen LogP contribution < -0.4 is 0 Å². The molecule has 0 unspecified atom stereocenters. The van der Waals surface area contributed by atoms with E-state index in [1.165, 1.54) is 0 Å². The molecule has 5 heteroatoms. The molecule has 0 atom stereocenters. The van der Waals surface area contributed by atoms with Crippen LogP contribution >= 0.6 is 0 Å². The van der Waals surface area contributed by atoms with Crippen molar-refractivity contribution in [2.45, 2.75) is 0 Å². The SMILES string of the molecule is O=C1OC(=O)C2=C1OCO2. The number of hydrogen-bond donors (Lipinski definition) is 0. The number of carbonyl (C=O) groups is 2. The number of cyclic esters (lactones) is 2. The Morgan fingerprint density at radius 3 is 2.00 bits per heavy atom. The van der Waals surface area contributed by atoms with Crippen molar-refractivity contribution >= 4 is 11.9 Å². The first kappa shape index (κ1) is 5.28. The molecule has 2 aliphatic rings. The molecule has 2 heterocycles. The minimum Gasteiger partial charge on any atom is -0.446 e. The summed E-state index contributed by atoms with van der Waals surface area (Å²) in [7, 11) is 0. The summed E-state index contributed by atoms with van der Waals surface area (Å²) in [6.45, 7) is -0.0779. The van der Waals surface area contributed by atoms with Gasteiger partial charge in [-0.15, -0.1) is 0 Å². The van der Waals surface area contributed by atoms with Crippen molar-refractivity contribution in [3.05, 3.63) is 11.5 Å². The van der Waals surface area contributed by atoms with E-state index in [1.54, 1.807) is 0 Å². The van der Waals surface area contributed by atoms with Gasteiger partial charge in [0.15, 0.2) is 0 Å². The van der Waals surface area contributed by atoms with E-state index in [9.17, 15) is 9.59 Å². The molecule has 0 saturated carbocycles. The number of rotatable bonds is 0. The topological polar surface area (TPSA) is 61.8 Å². The molecule has 0 aromatic rings. The van der Waals surface area contributed by atoms with E-state index in [1.807, 2.05) is 0 Å². The number of hydrogen-bond acceptors (Lipinski definition) is 5. The third-order valence-corrected chi connectivity index (χ3v) is 1.17. The summed E-state index contributed by atoms with van der Waals surface area (Å²) in [6, 6.07) is 0. The van der Waals surface area contributed by atoms with Crippen LogP contribution in [-0.4, -0.2) is 18.7 Å². The Labute approximate surface area is 55.2 Å². The van der Waals surface area contributed by atoms with E-state index in [-0.39, 0.29) is 18.3 Å². The lowest BCUT2D eigenvalue weighted by atomic mass is 10.4. The largest absolute Gasteiger partial charge is 0.446 e. The summed E-state index contributed by atoms with van der Waals surface area (Å²) in [6.07, 6.45) is 0. The first-order valence-electron chi connectivity index (χ1n) is 2.55. The van der Waals surface area contributed by atoms with Crippen molar-refractivity contribution in [3.63, 3.8) is 0 Å². The van der Waals surface area contributed by atoms with Gasteiger partial charge in [-0.05, 0) is 0 Å². The average Bonchev–Trinajstić information content (AvgIpc) is 2.39. The fourth-order valence-corrected chi connectivity index (χ4v) is 0.759. The number of ether oxygens (including phenoxy) is 3. The predicted molar refractivity (Wildman–Crippen MR) is 25.2 cm³/mol. The Kier molecular flexibility index (Phi) is 0.791. The summed E-state index contributed by atoms with van der Waals surface area (Å²) < 4.78 is 13.4. The highest BCUT2D eigenvalue weighted by atomic mass is 16.7. The lowest BCUT2D eigenvalue weighted by Crippen LogP contribution is -2.07. The van der Waals surface area contributed by atoms with Crippen LogP contribution in [0, 0.1) is 0 Å². The smallest absolute Gasteiger partial charge is 0.386 e. The average molecular weight is 142 g/mol. The van der Waals surface area contributed by atoms with Crippen molar-refractivity contribution in [1.29, 1.82) is 0 Å². The molecule has 0 spiro atoms. The highest BCUT2D eigenvalue weighted by Crippen LogP contribution is 2.24. The van der Waals surface area contributed by atoms with Gasteiger partial charge in [-0.1, -0.05) is 0 Å². The molecular formula is C5H2O5. The highest BCUT2D eigenvalue weighted by molar-refractivity contribution is 6.10. The van der Waals surface area contributed by atoms with E-state index in [0.29, 0.717) is 0 Å². The second kappa shape index (κ2) is 1.50. The van der Waals surface area contributed by atoms with Crippen molar-refractivity contribution in [3.8, 4) is 0 Å². The molecule has 2 aliphatic heterocycles. The summed E-state index contributed by atoms with van der Waals surface area (Å²) >= 11 is 0. The lowest BCUT2D eigenvalue weighted by molar-refractivity contribution is -0.157. The van der Waals surface area contributed by atoms with Gasteiger partial charge in [-0.3, -0.25) is 0 Å². The molecule has 5 nitrogen and oxygen atoms in total. The Bertz CT molecular complexity index is 227. The van der Waals surface area contributed by atoms with Gasteiger partial charge < -0.3 is 14.2 Å². The summed E-state index contributed by atoms with van der Waals surface area (Å²) in [5.74, 6) is -1.75. The normalized spacial score (nSPS) is 22.0. The molecule has 10 heavy (non-hydrogen) atoms. The Balaban J connectivity index is 2.45. The van der Waals surface area contributed by atoms with Crippen molar-refractivity contribution < 1.29 is 23.8 Å². The zero-order valence-electron chi connectivity index (χ0n) is 4.75. The summed E-state index contributed by atoms with van der Waals surface area (Å²) in [5.41, 5.74) is 0. The van der Waals surface area contributed by atoms with Gasteiger partial charge in [-0.2, -0.15) is 0 Å². The van der Waals surface area contributed by atoms with Crippen molar-refractivity contribution in [2.24, 2.45) is 0 Å². The molecule has 0 N–H and O–H groups in total. The second-order valence-corrected chi connectivity index (χ2v) is 1.74. The highest BCUT2D eigenvalue weighted by Gasteiger charge is 2.40. The van der Waals surface area contributed by atoms with Crippen LogP contribution in [-0.2, 0) is 23.8 Å². The molecule has 2 rings (SSSR count). The molecule has 52 valence electrons. The van der Waals surface area contributed by atoms with Crippen molar-refractivity contribution in [2.75, 3.05) is 6.79 Å². The zero-order chi connectivity index (χ0) is 7.14. The van der Waals surface area contributed by atoms with Crippen LogP contribution in [0.15, 0.2) is 11.5 Å². The van der Waals surface area contributed by atoms with Gasteiger partial charge >= 0.3 is 11.9 Å². The maximum atomic E-state index is 10.6. The van der Waals surface area contributed by atoms with Gasteiger partial charge in [0.05, 0.1) is 0 Å². The maximum absolute atomic E-state index is 10.6. The van der Waals surface area contributed by atoms with E-state index >= 15 is 0 Å². The van der Waals surface area contributed by atoms with Crippen LogP contribution in [0.25, 0.3) is 0 Å². The van der Waals surface area contributed by atoms with Gasteiger partial charge in [-0.25, -0.2) is 9.59 Å². The predicted octanol–water partition coefficient (Wildman–Crippen LogP) is -0.714. The van der Waals surface area contributed by atoms with Crippen LogP contribution in [0.5, 0.6) is 0 Å².